The van der Waals surface area contributed by atoms with Crippen molar-refractivity contribution in [2.75, 3.05) is 0 Å². The molecule has 0 saturated heterocycles. The second kappa shape index (κ2) is 11.2. The summed E-state index contributed by atoms with van der Waals surface area (Å²) < 4.78 is 1.52. The molecule has 4 rings (SSSR count). The van der Waals surface area contributed by atoms with E-state index in [4.69, 9.17) is 0 Å². The van der Waals surface area contributed by atoms with Gasteiger partial charge < -0.3 is 10.6 Å². The second-order valence-corrected chi connectivity index (χ2v) is 8.59. The van der Waals surface area contributed by atoms with E-state index in [0.717, 1.165) is 16.8 Å². The summed E-state index contributed by atoms with van der Waals surface area (Å²) in [7, 11) is 0. The number of rotatable bonds is 9. The van der Waals surface area contributed by atoms with Crippen LogP contribution in [0.5, 0.6) is 0 Å². The maximum absolute atomic E-state index is 13.4. The van der Waals surface area contributed by atoms with Crippen molar-refractivity contribution in [3.63, 3.8) is 0 Å². The Hall–Kier alpha value is -4.59. The molecule has 182 valence electrons. The number of ketones is 1. The van der Waals surface area contributed by atoms with Crippen molar-refractivity contribution in [3.05, 3.63) is 102 Å². The fourth-order valence-corrected chi connectivity index (χ4v) is 3.75. The molecule has 1 unspecified atom stereocenters. The van der Waals surface area contributed by atoms with Crippen LogP contribution in [0.15, 0.2) is 91.3 Å². The zero-order valence-electron chi connectivity index (χ0n) is 20.1. The topological polar surface area (TPSA) is 106 Å². The van der Waals surface area contributed by atoms with E-state index < -0.39 is 23.6 Å². The quantitative estimate of drug-likeness (QED) is 0.357. The van der Waals surface area contributed by atoms with Gasteiger partial charge in [-0.25, -0.2) is 9.67 Å². The summed E-state index contributed by atoms with van der Waals surface area (Å²) in [6.45, 7) is 3.54. The van der Waals surface area contributed by atoms with Gasteiger partial charge in [-0.15, -0.1) is 0 Å². The molecule has 0 aliphatic heterocycles. The Morgan fingerprint density at radius 1 is 0.861 bits per heavy atom. The number of hydrogen-bond donors (Lipinski definition) is 2. The highest BCUT2D eigenvalue weighted by atomic mass is 16.2. The zero-order chi connectivity index (χ0) is 25.5. The summed E-state index contributed by atoms with van der Waals surface area (Å²) in [5.41, 5.74) is 2.72. The van der Waals surface area contributed by atoms with Gasteiger partial charge in [-0.1, -0.05) is 60.7 Å². The second-order valence-electron chi connectivity index (χ2n) is 8.59. The van der Waals surface area contributed by atoms with Gasteiger partial charge in [-0.05, 0) is 37.6 Å². The Labute approximate surface area is 209 Å². The number of amides is 2. The zero-order valence-corrected chi connectivity index (χ0v) is 20.1. The first kappa shape index (κ1) is 24.5. The summed E-state index contributed by atoms with van der Waals surface area (Å²) in [4.78, 5) is 43.2. The van der Waals surface area contributed by atoms with Gasteiger partial charge >= 0.3 is 0 Å². The molecule has 0 aliphatic rings. The van der Waals surface area contributed by atoms with Gasteiger partial charge in [0.25, 0.3) is 11.8 Å². The average molecular weight is 482 g/mol. The first-order valence-electron chi connectivity index (χ1n) is 11.7. The summed E-state index contributed by atoms with van der Waals surface area (Å²) >= 11 is 0. The first-order valence-corrected chi connectivity index (χ1v) is 11.7. The molecule has 2 amide bonds. The van der Waals surface area contributed by atoms with Crippen molar-refractivity contribution in [2.45, 2.75) is 32.4 Å². The number of aromatic nitrogens is 3. The number of pyridine rings is 1. The van der Waals surface area contributed by atoms with Gasteiger partial charge in [0.2, 0.25) is 5.78 Å². The highest BCUT2D eigenvalue weighted by molar-refractivity contribution is 6.38. The predicted octanol–water partition coefficient (Wildman–Crippen LogP) is 3.37. The molecule has 0 radical (unpaired) electrons. The Morgan fingerprint density at radius 3 is 2.25 bits per heavy atom. The molecule has 8 nitrogen and oxygen atoms in total. The average Bonchev–Trinajstić information content (AvgIpc) is 3.39. The molecular weight excluding hydrogens is 454 g/mol. The normalized spacial score (nSPS) is 11.6. The fourth-order valence-electron chi connectivity index (χ4n) is 3.75. The van der Waals surface area contributed by atoms with Crippen molar-refractivity contribution in [1.29, 1.82) is 0 Å². The van der Waals surface area contributed by atoms with E-state index in [1.807, 2.05) is 66.7 Å². The number of carbonyl (C=O) groups is 3. The van der Waals surface area contributed by atoms with Crippen LogP contribution in [0.4, 0.5) is 0 Å². The molecule has 8 heteroatoms. The SMILES string of the molecule is CC(C)NC(=O)C(=O)C(Cc1ccccc1)NC(=O)c1cccnc1-n1ccc(-c2ccccc2)n1. The molecule has 2 N–H and O–H groups in total. The third-order valence-corrected chi connectivity index (χ3v) is 5.45. The van der Waals surface area contributed by atoms with Crippen LogP contribution in [-0.2, 0) is 16.0 Å². The molecule has 4 aromatic rings. The number of nitrogens with zero attached hydrogens (tertiary/aromatic N) is 3. The lowest BCUT2D eigenvalue weighted by Crippen LogP contribution is -2.50. The van der Waals surface area contributed by atoms with E-state index in [1.165, 1.54) is 4.68 Å². The Bertz CT molecular complexity index is 1350. The number of nitrogens with one attached hydrogen (secondary N) is 2. The number of benzene rings is 2. The predicted molar refractivity (Wildman–Crippen MR) is 136 cm³/mol. The van der Waals surface area contributed by atoms with E-state index in [9.17, 15) is 14.4 Å². The lowest BCUT2D eigenvalue weighted by atomic mass is 10.0. The maximum Gasteiger partial charge on any atom is 0.289 e. The molecular formula is C28H27N5O3. The van der Waals surface area contributed by atoms with Crippen molar-refractivity contribution in [3.8, 4) is 17.1 Å². The maximum atomic E-state index is 13.4. The van der Waals surface area contributed by atoms with Gasteiger partial charge in [0, 0.05) is 30.4 Å². The minimum atomic E-state index is -1.05. The van der Waals surface area contributed by atoms with Crippen LogP contribution in [0.2, 0.25) is 0 Å². The summed E-state index contributed by atoms with van der Waals surface area (Å²) in [6, 6.07) is 22.7. The van der Waals surface area contributed by atoms with Crippen LogP contribution in [-0.4, -0.2) is 44.4 Å². The van der Waals surface area contributed by atoms with E-state index in [1.54, 1.807) is 38.4 Å². The molecule has 0 bridgehead atoms. The van der Waals surface area contributed by atoms with Crippen molar-refractivity contribution in [1.82, 2.24) is 25.4 Å². The lowest BCUT2D eigenvalue weighted by Gasteiger charge is -2.19. The summed E-state index contributed by atoms with van der Waals surface area (Å²) in [5.74, 6) is -1.66. The summed E-state index contributed by atoms with van der Waals surface area (Å²) in [6.07, 6.45) is 3.47. The van der Waals surface area contributed by atoms with Gasteiger partial charge in [0.15, 0.2) is 5.82 Å². The molecule has 2 aromatic heterocycles. The third kappa shape index (κ3) is 5.90. The molecule has 36 heavy (non-hydrogen) atoms. The Morgan fingerprint density at radius 2 is 1.56 bits per heavy atom. The van der Waals surface area contributed by atoms with E-state index in [0.29, 0.717) is 5.82 Å². The molecule has 2 heterocycles. The van der Waals surface area contributed by atoms with Crippen LogP contribution in [0.1, 0.15) is 29.8 Å². The van der Waals surface area contributed by atoms with Gasteiger partial charge in [0.1, 0.15) is 6.04 Å². The smallest absolute Gasteiger partial charge is 0.289 e. The Balaban J connectivity index is 1.61. The van der Waals surface area contributed by atoms with E-state index >= 15 is 0 Å². The molecule has 2 aromatic carbocycles. The van der Waals surface area contributed by atoms with E-state index in [-0.39, 0.29) is 18.0 Å². The van der Waals surface area contributed by atoms with Crippen LogP contribution in [0, 0.1) is 0 Å². The number of carbonyl (C=O) groups excluding carboxylic acids is 3. The Kier molecular flexibility index (Phi) is 7.65. The van der Waals surface area contributed by atoms with Gasteiger partial charge in [-0.2, -0.15) is 5.10 Å². The number of Topliss-reactive ketones (excluding diaryl/α,β-unsaturated/α-hetero) is 1. The minimum Gasteiger partial charge on any atom is -0.347 e. The highest BCUT2D eigenvalue weighted by Gasteiger charge is 2.29. The van der Waals surface area contributed by atoms with Crippen LogP contribution >= 0.6 is 0 Å². The molecule has 0 spiro atoms. The minimum absolute atomic E-state index is 0.173. The largest absolute Gasteiger partial charge is 0.347 e. The monoisotopic (exact) mass is 481 g/mol. The van der Waals surface area contributed by atoms with E-state index in [2.05, 4.69) is 20.7 Å². The standard InChI is InChI=1S/C28H27N5O3/c1-19(2)30-28(36)25(34)24(18-20-10-5-3-6-11-20)31-27(35)22-14-9-16-29-26(22)33-17-15-23(32-33)21-12-7-4-8-13-21/h3-17,19,24H,18H2,1-2H3,(H,30,36)(H,31,35). The van der Waals surface area contributed by atoms with Crippen LogP contribution in [0.3, 0.4) is 0 Å². The molecule has 0 fully saturated rings. The highest BCUT2D eigenvalue weighted by Crippen LogP contribution is 2.19. The fraction of sp³-hybridized carbons (Fsp3) is 0.179. The van der Waals surface area contributed by atoms with Gasteiger partial charge in [0.05, 0.1) is 11.3 Å². The van der Waals surface area contributed by atoms with Crippen molar-refractivity contribution < 1.29 is 14.4 Å². The lowest BCUT2D eigenvalue weighted by molar-refractivity contribution is -0.139. The van der Waals surface area contributed by atoms with Crippen LogP contribution < -0.4 is 10.6 Å². The third-order valence-electron chi connectivity index (χ3n) is 5.45. The van der Waals surface area contributed by atoms with Crippen LogP contribution in [0.25, 0.3) is 17.1 Å². The van der Waals surface area contributed by atoms with Gasteiger partial charge in [-0.3, -0.25) is 14.4 Å². The van der Waals surface area contributed by atoms with Crippen molar-refractivity contribution >= 4 is 17.6 Å². The molecule has 0 saturated carbocycles. The molecule has 1 atom stereocenters. The number of hydrogen-bond acceptors (Lipinski definition) is 5. The molecule has 0 aliphatic carbocycles. The van der Waals surface area contributed by atoms with Crippen molar-refractivity contribution in [2.24, 2.45) is 0 Å². The first-order chi connectivity index (χ1) is 17.4. The summed E-state index contributed by atoms with van der Waals surface area (Å²) in [5, 5.41) is 9.94.